The van der Waals surface area contributed by atoms with Crippen LogP contribution in [0.15, 0.2) is 42.6 Å². The molecule has 1 saturated heterocycles. The van der Waals surface area contributed by atoms with Gasteiger partial charge in [-0.2, -0.15) is 0 Å². The summed E-state index contributed by atoms with van der Waals surface area (Å²) in [6.07, 6.45) is 5.34. The van der Waals surface area contributed by atoms with E-state index in [1.807, 2.05) is 36.4 Å². The van der Waals surface area contributed by atoms with Crippen molar-refractivity contribution < 1.29 is 4.79 Å². The maximum atomic E-state index is 12.6. The molecule has 1 aliphatic heterocycles. The van der Waals surface area contributed by atoms with Gasteiger partial charge in [-0.05, 0) is 78.3 Å². The van der Waals surface area contributed by atoms with Gasteiger partial charge in [0.15, 0.2) is 0 Å². The standard InChI is InChI=1S/C17H18IN3O/c18-13-6-8-14(9-7-13)20-17(22)15-5-4-10-19-16(15)21-11-2-1-3-12-21/h4-10H,1-3,11-12H2,(H,20,22). The first-order valence-corrected chi connectivity index (χ1v) is 8.59. The van der Waals surface area contributed by atoms with Crippen LogP contribution in [0.25, 0.3) is 0 Å². The second-order valence-electron chi connectivity index (χ2n) is 5.38. The van der Waals surface area contributed by atoms with E-state index in [1.54, 1.807) is 6.20 Å². The van der Waals surface area contributed by atoms with Gasteiger partial charge in [0.05, 0.1) is 5.56 Å². The summed E-state index contributed by atoms with van der Waals surface area (Å²) < 4.78 is 1.14. The van der Waals surface area contributed by atoms with Crippen LogP contribution in [-0.4, -0.2) is 24.0 Å². The Morgan fingerprint density at radius 3 is 2.55 bits per heavy atom. The summed E-state index contributed by atoms with van der Waals surface area (Å²) in [4.78, 5) is 19.2. The third-order valence-corrected chi connectivity index (χ3v) is 4.51. The number of nitrogens with one attached hydrogen (secondary N) is 1. The molecule has 1 aliphatic rings. The van der Waals surface area contributed by atoms with E-state index in [2.05, 4.69) is 37.8 Å². The maximum Gasteiger partial charge on any atom is 0.259 e. The van der Waals surface area contributed by atoms with Crippen molar-refractivity contribution in [2.75, 3.05) is 23.3 Å². The van der Waals surface area contributed by atoms with Gasteiger partial charge >= 0.3 is 0 Å². The zero-order chi connectivity index (χ0) is 15.4. The van der Waals surface area contributed by atoms with Crippen molar-refractivity contribution in [3.63, 3.8) is 0 Å². The fourth-order valence-corrected chi connectivity index (χ4v) is 3.02. The maximum absolute atomic E-state index is 12.6. The van der Waals surface area contributed by atoms with Gasteiger partial charge < -0.3 is 10.2 Å². The van der Waals surface area contributed by atoms with Gasteiger partial charge in [0, 0.05) is 28.5 Å². The number of rotatable bonds is 3. The Hall–Kier alpha value is -1.63. The van der Waals surface area contributed by atoms with E-state index >= 15 is 0 Å². The number of piperidine rings is 1. The number of aromatic nitrogens is 1. The molecule has 114 valence electrons. The van der Waals surface area contributed by atoms with E-state index < -0.39 is 0 Å². The monoisotopic (exact) mass is 407 g/mol. The van der Waals surface area contributed by atoms with Crippen molar-refractivity contribution in [2.24, 2.45) is 0 Å². The molecule has 4 nitrogen and oxygen atoms in total. The largest absolute Gasteiger partial charge is 0.356 e. The van der Waals surface area contributed by atoms with Gasteiger partial charge in [-0.1, -0.05) is 0 Å². The lowest BCUT2D eigenvalue weighted by molar-refractivity contribution is 0.102. The topological polar surface area (TPSA) is 45.2 Å². The minimum absolute atomic E-state index is 0.102. The summed E-state index contributed by atoms with van der Waals surface area (Å²) in [7, 11) is 0. The summed E-state index contributed by atoms with van der Waals surface area (Å²) in [6.45, 7) is 1.95. The minimum Gasteiger partial charge on any atom is -0.356 e. The van der Waals surface area contributed by atoms with Crippen molar-refractivity contribution in [1.29, 1.82) is 0 Å². The van der Waals surface area contributed by atoms with Crippen LogP contribution >= 0.6 is 22.6 Å². The van der Waals surface area contributed by atoms with Crippen LogP contribution in [0.4, 0.5) is 11.5 Å². The Morgan fingerprint density at radius 2 is 1.82 bits per heavy atom. The number of halogens is 1. The molecule has 2 aromatic rings. The number of benzene rings is 1. The summed E-state index contributed by atoms with van der Waals surface area (Å²) in [5, 5.41) is 2.96. The van der Waals surface area contributed by atoms with Gasteiger partial charge in [-0.25, -0.2) is 4.98 Å². The average Bonchev–Trinajstić information content (AvgIpc) is 2.58. The lowest BCUT2D eigenvalue weighted by Crippen LogP contribution is -2.32. The summed E-state index contributed by atoms with van der Waals surface area (Å²) in [6, 6.07) is 11.4. The minimum atomic E-state index is -0.102. The van der Waals surface area contributed by atoms with Gasteiger partial charge in [-0.3, -0.25) is 4.79 Å². The van der Waals surface area contributed by atoms with Crippen LogP contribution in [0.3, 0.4) is 0 Å². The quantitative estimate of drug-likeness (QED) is 0.785. The van der Waals surface area contributed by atoms with E-state index in [0.717, 1.165) is 41.0 Å². The fraction of sp³-hybridized carbons (Fsp3) is 0.294. The molecule has 1 amide bonds. The molecular weight excluding hydrogens is 389 g/mol. The van der Waals surface area contributed by atoms with Crippen LogP contribution in [0.5, 0.6) is 0 Å². The predicted molar refractivity (Wildman–Crippen MR) is 97.4 cm³/mol. The molecule has 1 aromatic carbocycles. The Balaban J connectivity index is 1.81. The molecule has 0 saturated carbocycles. The number of hydrogen-bond acceptors (Lipinski definition) is 3. The zero-order valence-electron chi connectivity index (χ0n) is 12.3. The molecule has 22 heavy (non-hydrogen) atoms. The van der Waals surface area contributed by atoms with Crippen LogP contribution < -0.4 is 10.2 Å². The third kappa shape index (κ3) is 3.58. The smallest absolute Gasteiger partial charge is 0.259 e. The summed E-state index contributed by atoms with van der Waals surface area (Å²) >= 11 is 2.25. The highest BCUT2D eigenvalue weighted by molar-refractivity contribution is 14.1. The van der Waals surface area contributed by atoms with Crippen molar-refractivity contribution in [1.82, 2.24) is 4.98 Å². The van der Waals surface area contributed by atoms with Crippen molar-refractivity contribution in [3.05, 3.63) is 51.7 Å². The lowest BCUT2D eigenvalue weighted by Gasteiger charge is -2.29. The van der Waals surface area contributed by atoms with Crippen LogP contribution in [0, 0.1) is 3.57 Å². The first-order valence-electron chi connectivity index (χ1n) is 7.51. The van der Waals surface area contributed by atoms with Crippen LogP contribution in [0.2, 0.25) is 0 Å². The average molecular weight is 407 g/mol. The predicted octanol–water partition coefficient (Wildman–Crippen LogP) is 3.93. The molecule has 1 N–H and O–H groups in total. The highest BCUT2D eigenvalue weighted by Crippen LogP contribution is 2.22. The van der Waals surface area contributed by atoms with Gasteiger partial charge in [0.25, 0.3) is 5.91 Å². The van der Waals surface area contributed by atoms with E-state index in [1.165, 1.54) is 6.42 Å². The Bertz CT molecular complexity index is 651. The highest BCUT2D eigenvalue weighted by atomic mass is 127. The molecule has 2 heterocycles. The molecule has 0 spiro atoms. The number of pyridine rings is 1. The zero-order valence-corrected chi connectivity index (χ0v) is 14.4. The molecule has 5 heteroatoms. The second-order valence-corrected chi connectivity index (χ2v) is 6.63. The van der Waals surface area contributed by atoms with Crippen molar-refractivity contribution >= 4 is 40.0 Å². The molecule has 3 rings (SSSR count). The molecule has 0 radical (unpaired) electrons. The first-order chi connectivity index (χ1) is 10.7. The number of anilines is 2. The van der Waals surface area contributed by atoms with E-state index in [-0.39, 0.29) is 5.91 Å². The van der Waals surface area contributed by atoms with Crippen molar-refractivity contribution in [3.8, 4) is 0 Å². The van der Waals surface area contributed by atoms with Gasteiger partial charge in [0.2, 0.25) is 0 Å². The molecule has 0 aliphatic carbocycles. The van der Waals surface area contributed by atoms with Crippen molar-refractivity contribution in [2.45, 2.75) is 19.3 Å². The Labute approximate surface area is 144 Å². The summed E-state index contributed by atoms with van der Waals surface area (Å²) in [5.74, 6) is 0.695. The molecule has 1 aromatic heterocycles. The lowest BCUT2D eigenvalue weighted by atomic mass is 10.1. The molecule has 1 fully saturated rings. The van der Waals surface area contributed by atoms with Crippen LogP contribution in [-0.2, 0) is 0 Å². The molecule has 0 atom stereocenters. The number of amides is 1. The van der Waals surface area contributed by atoms with Gasteiger partial charge in [0.1, 0.15) is 5.82 Å². The molecule has 0 bridgehead atoms. The molecule has 0 unspecified atom stereocenters. The normalized spacial score (nSPS) is 14.7. The Kier molecular flexibility index (Phi) is 4.92. The Morgan fingerprint density at radius 1 is 1.09 bits per heavy atom. The van der Waals surface area contributed by atoms with Crippen LogP contribution in [0.1, 0.15) is 29.6 Å². The number of carbonyl (C=O) groups excluding carboxylic acids is 1. The molecular formula is C17H18IN3O. The number of hydrogen-bond donors (Lipinski definition) is 1. The first kappa shape index (κ1) is 15.3. The summed E-state index contributed by atoms with van der Waals surface area (Å²) in [5.41, 5.74) is 1.45. The second kappa shape index (κ2) is 7.09. The highest BCUT2D eigenvalue weighted by Gasteiger charge is 2.19. The van der Waals surface area contributed by atoms with E-state index in [4.69, 9.17) is 0 Å². The van der Waals surface area contributed by atoms with E-state index in [0.29, 0.717) is 5.56 Å². The SMILES string of the molecule is O=C(Nc1ccc(I)cc1)c1cccnc1N1CCCCC1. The third-order valence-electron chi connectivity index (χ3n) is 3.79. The van der Waals surface area contributed by atoms with E-state index in [9.17, 15) is 4.79 Å². The number of carbonyl (C=O) groups is 1. The number of nitrogens with zero attached hydrogens (tertiary/aromatic N) is 2. The fourth-order valence-electron chi connectivity index (χ4n) is 2.66. The van der Waals surface area contributed by atoms with Gasteiger partial charge in [-0.15, -0.1) is 0 Å².